The van der Waals surface area contributed by atoms with Crippen molar-refractivity contribution in [3.63, 3.8) is 0 Å². The Morgan fingerprint density at radius 3 is 2.38 bits per heavy atom. The molecule has 0 fully saturated rings. The Bertz CT molecular complexity index is 789. The molecule has 0 aliphatic rings. The summed E-state index contributed by atoms with van der Waals surface area (Å²) < 4.78 is 41.5. The molecule has 2 aromatic rings. The molecule has 0 saturated carbocycles. The number of benzene rings is 2. The van der Waals surface area contributed by atoms with E-state index in [4.69, 9.17) is 4.74 Å². The molecule has 7 heteroatoms. The lowest BCUT2D eigenvalue weighted by atomic mass is 10.1. The normalized spacial score (nSPS) is 11.7. The molecule has 0 radical (unpaired) electrons. The van der Waals surface area contributed by atoms with E-state index >= 15 is 0 Å². The van der Waals surface area contributed by atoms with Crippen LogP contribution in [0.3, 0.4) is 0 Å². The molecule has 1 amide bonds. The Morgan fingerprint density at radius 1 is 1.10 bits per heavy atom. The van der Waals surface area contributed by atoms with Crippen molar-refractivity contribution < 1.29 is 22.7 Å². The van der Waals surface area contributed by atoms with Crippen molar-refractivity contribution in [1.29, 1.82) is 0 Å². The number of rotatable bonds is 9. The highest BCUT2D eigenvalue weighted by Crippen LogP contribution is 2.19. The fourth-order valence-electron chi connectivity index (χ4n) is 2.85. The van der Waals surface area contributed by atoms with Crippen LogP contribution >= 0.6 is 0 Å². The van der Waals surface area contributed by atoms with Crippen LogP contribution in [0.1, 0.15) is 42.3 Å². The lowest BCUT2D eigenvalue weighted by molar-refractivity contribution is -0.153. The van der Waals surface area contributed by atoms with Gasteiger partial charge in [0.25, 0.3) is 5.91 Å². The second-order valence-corrected chi connectivity index (χ2v) is 7.09. The molecule has 29 heavy (non-hydrogen) atoms. The van der Waals surface area contributed by atoms with Gasteiger partial charge in [-0.15, -0.1) is 0 Å². The van der Waals surface area contributed by atoms with Crippen molar-refractivity contribution in [2.24, 2.45) is 0 Å². The zero-order valence-electron chi connectivity index (χ0n) is 16.9. The number of carbonyl (C=O) groups excluding carboxylic acids is 1. The van der Waals surface area contributed by atoms with Crippen molar-refractivity contribution in [1.82, 2.24) is 10.2 Å². The summed E-state index contributed by atoms with van der Waals surface area (Å²) in [5.74, 6) is -0.126. The van der Waals surface area contributed by atoms with Gasteiger partial charge in [-0.2, -0.15) is 13.2 Å². The van der Waals surface area contributed by atoms with E-state index in [1.165, 1.54) is 12.1 Å². The maximum atomic E-state index is 12.4. The summed E-state index contributed by atoms with van der Waals surface area (Å²) in [4.78, 5) is 14.7. The average Bonchev–Trinajstić information content (AvgIpc) is 2.68. The summed E-state index contributed by atoms with van der Waals surface area (Å²) >= 11 is 0. The SMILES string of the molecule is CCN(Cc1ccc(C(=O)NCc2cccc(OCC(F)(F)F)c2)cc1)C(C)C. The molecule has 2 aromatic carbocycles. The Labute approximate surface area is 169 Å². The van der Waals surface area contributed by atoms with Crippen LogP contribution in [0, 0.1) is 0 Å². The number of halogens is 3. The number of hydrogen-bond donors (Lipinski definition) is 1. The predicted octanol–water partition coefficient (Wildman–Crippen LogP) is 4.79. The number of amides is 1. The van der Waals surface area contributed by atoms with Gasteiger partial charge in [0.15, 0.2) is 6.61 Å². The monoisotopic (exact) mass is 408 g/mol. The number of nitrogens with zero attached hydrogens (tertiary/aromatic N) is 1. The molecule has 0 bridgehead atoms. The standard InChI is InChI=1S/C22H27F3N2O2/c1-4-27(16(2)3)14-17-8-10-19(11-9-17)21(28)26-13-18-6-5-7-20(12-18)29-15-22(23,24)25/h5-12,16H,4,13-15H2,1-3H3,(H,26,28). The fourth-order valence-corrected chi connectivity index (χ4v) is 2.85. The molecule has 0 spiro atoms. The van der Waals surface area contributed by atoms with E-state index in [-0.39, 0.29) is 18.2 Å². The van der Waals surface area contributed by atoms with Gasteiger partial charge in [0.2, 0.25) is 0 Å². The summed E-state index contributed by atoms with van der Waals surface area (Å²) in [5, 5.41) is 2.78. The lowest BCUT2D eigenvalue weighted by Crippen LogP contribution is -2.30. The largest absolute Gasteiger partial charge is 0.484 e. The van der Waals surface area contributed by atoms with Gasteiger partial charge in [-0.3, -0.25) is 9.69 Å². The van der Waals surface area contributed by atoms with Gasteiger partial charge in [-0.05, 0) is 55.8 Å². The van der Waals surface area contributed by atoms with E-state index in [1.54, 1.807) is 24.3 Å². The first-order chi connectivity index (χ1) is 13.7. The van der Waals surface area contributed by atoms with Gasteiger partial charge in [0.1, 0.15) is 5.75 Å². The zero-order chi connectivity index (χ0) is 21.4. The van der Waals surface area contributed by atoms with E-state index in [0.29, 0.717) is 17.2 Å². The highest BCUT2D eigenvalue weighted by atomic mass is 19.4. The number of hydrogen-bond acceptors (Lipinski definition) is 3. The van der Waals surface area contributed by atoms with Crippen molar-refractivity contribution in [3.05, 3.63) is 65.2 Å². The summed E-state index contributed by atoms with van der Waals surface area (Å²) in [5.41, 5.74) is 2.32. The van der Waals surface area contributed by atoms with Crippen LogP contribution in [-0.2, 0) is 13.1 Å². The van der Waals surface area contributed by atoms with Crippen molar-refractivity contribution >= 4 is 5.91 Å². The number of carbonyl (C=O) groups is 1. The maximum Gasteiger partial charge on any atom is 0.422 e. The smallest absolute Gasteiger partial charge is 0.422 e. The molecule has 0 aliphatic heterocycles. The number of nitrogens with one attached hydrogen (secondary N) is 1. The molecule has 0 atom stereocenters. The van der Waals surface area contributed by atoms with Gasteiger partial charge in [0, 0.05) is 24.7 Å². The third-order valence-corrected chi connectivity index (χ3v) is 4.49. The van der Waals surface area contributed by atoms with Crippen LogP contribution in [0.15, 0.2) is 48.5 Å². The van der Waals surface area contributed by atoms with Gasteiger partial charge >= 0.3 is 6.18 Å². The van der Waals surface area contributed by atoms with Crippen LogP contribution in [0.4, 0.5) is 13.2 Å². The second-order valence-electron chi connectivity index (χ2n) is 7.09. The minimum atomic E-state index is -4.39. The average molecular weight is 408 g/mol. The van der Waals surface area contributed by atoms with Gasteiger partial charge in [-0.25, -0.2) is 0 Å². The summed E-state index contributed by atoms with van der Waals surface area (Å²) in [6, 6.07) is 14.1. The fraction of sp³-hybridized carbons (Fsp3) is 0.409. The Kier molecular flexibility index (Phi) is 8.08. The van der Waals surface area contributed by atoms with Crippen LogP contribution < -0.4 is 10.1 Å². The first kappa shape index (κ1) is 22.7. The van der Waals surface area contributed by atoms with E-state index in [1.807, 2.05) is 12.1 Å². The second kappa shape index (κ2) is 10.3. The molecule has 4 nitrogen and oxygen atoms in total. The lowest BCUT2D eigenvalue weighted by Gasteiger charge is -2.24. The van der Waals surface area contributed by atoms with Gasteiger partial charge in [0.05, 0.1) is 0 Å². The summed E-state index contributed by atoms with van der Waals surface area (Å²) in [6.07, 6.45) is -4.39. The van der Waals surface area contributed by atoms with Crippen LogP contribution in [0.2, 0.25) is 0 Å². The quantitative estimate of drug-likeness (QED) is 0.649. The van der Waals surface area contributed by atoms with E-state index in [2.05, 4.69) is 31.0 Å². The predicted molar refractivity (Wildman–Crippen MR) is 107 cm³/mol. The van der Waals surface area contributed by atoms with Crippen molar-refractivity contribution in [3.8, 4) is 5.75 Å². The molecular weight excluding hydrogens is 381 g/mol. The first-order valence-corrected chi connectivity index (χ1v) is 9.57. The van der Waals surface area contributed by atoms with Crippen molar-refractivity contribution in [2.75, 3.05) is 13.2 Å². The molecule has 1 N–H and O–H groups in total. The van der Waals surface area contributed by atoms with E-state index in [0.717, 1.165) is 18.7 Å². The topological polar surface area (TPSA) is 41.6 Å². The molecule has 0 saturated heterocycles. The third kappa shape index (κ3) is 7.77. The number of ether oxygens (including phenoxy) is 1. The van der Waals surface area contributed by atoms with Gasteiger partial charge in [-0.1, -0.05) is 31.2 Å². The van der Waals surface area contributed by atoms with Crippen LogP contribution in [-0.4, -0.2) is 36.2 Å². The van der Waals surface area contributed by atoms with Crippen molar-refractivity contribution in [2.45, 2.75) is 46.1 Å². The van der Waals surface area contributed by atoms with E-state index < -0.39 is 12.8 Å². The molecule has 0 aromatic heterocycles. The van der Waals surface area contributed by atoms with Gasteiger partial charge < -0.3 is 10.1 Å². The Morgan fingerprint density at radius 2 is 1.79 bits per heavy atom. The molecule has 0 unspecified atom stereocenters. The zero-order valence-corrected chi connectivity index (χ0v) is 16.9. The highest BCUT2D eigenvalue weighted by molar-refractivity contribution is 5.94. The molecular formula is C22H27F3N2O2. The third-order valence-electron chi connectivity index (χ3n) is 4.49. The molecule has 158 valence electrons. The van der Waals surface area contributed by atoms with Crippen LogP contribution in [0.5, 0.6) is 5.75 Å². The maximum absolute atomic E-state index is 12.4. The number of alkyl halides is 3. The molecule has 0 heterocycles. The molecule has 0 aliphatic carbocycles. The highest BCUT2D eigenvalue weighted by Gasteiger charge is 2.28. The summed E-state index contributed by atoms with van der Waals surface area (Å²) in [6.45, 7) is 7.03. The Hall–Kier alpha value is -2.54. The minimum Gasteiger partial charge on any atom is -0.484 e. The summed E-state index contributed by atoms with van der Waals surface area (Å²) in [7, 11) is 0. The minimum absolute atomic E-state index is 0.115. The Balaban J connectivity index is 1.90. The van der Waals surface area contributed by atoms with Crippen LogP contribution in [0.25, 0.3) is 0 Å². The molecule has 2 rings (SSSR count). The first-order valence-electron chi connectivity index (χ1n) is 9.57. The van der Waals surface area contributed by atoms with E-state index in [9.17, 15) is 18.0 Å².